The summed E-state index contributed by atoms with van der Waals surface area (Å²) in [6.07, 6.45) is 2.40. The van der Waals surface area contributed by atoms with Crippen LogP contribution in [0.1, 0.15) is 12.0 Å². The summed E-state index contributed by atoms with van der Waals surface area (Å²) in [7, 11) is 0. The van der Waals surface area contributed by atoms with E-state index < -0.39 is 0 Å². The van der Waals surface area contributed by atoms with Gasteiger partial charge in [0.25, 0.3) is 0 Å². The number of aromatic nitrogens is 4. The molecular weight excluding hydrogens is 352 g/mol. The Bertz CT molecular complexity index is 1080. The molecule has 2 heterocycles. The Hall–Kier alpha value is -3.45. The van der Waals surface area contributed by atoms with Gasteiger partial charge in [-0.2, -0.15) is 15.1 Å². The minimum absolute atomic E-state index is 0.117. The zero-order chi connectivity index (χ0) is 19.3. The second-order valence-electron chi connectivity index (χ2n) is 6.52. The van der Waals surface area contributed by atoms with E-state index in [9.17, 15) is 0 Å². The highest BCUT2D eigenvalue weighted by atomic mass is 16.3. The summed E-state index contributed by atoms with van der Waals surface area (Å²) in [4.78, 5) is 9.30. The molecule has 0 saturated heterocycles. The Kier molecular flexibility index (Phi) is 5.16. The third-order valence-corrected chi connectivity index (χ3v) is 4.33. The van der Waals surface area contributed by atoms with Crippen LogP contribution in [-0.4, -0.2) is 38.0 Å². The van der Waals surface area contributed by atoms with Gasteiger partial charge in [0.05, 0.1) is 17.3 Å². The fourth-order valence-electron chi connectivity index (χ4n) is 2.98. The molecule has 2 aromatic carbocycles. The zero-order valence-corrected chi connectivity index (χ0v) is 15.6. The number of aliphatic hydroxyl groups excluding tert-OH is 1. The van der Waals surface area contributed by atoms with Gasteiger partial charge in [0, 0.05) is 18.8 Å². The number of hydrogen-bond acceptors (Lipinski definition) is 6. The highest BCUT2D eigenvalue weighted by molar-refractivity contribution is 5.90. The van der Waals surface area contributed by atoms with Gasteiger partial charge in [-0.25, -0.2) is 4.68 Å². The van der Waals surface area contributed by atoms with E-state index in [4.69, 9.17) is 5.11 Å². The number of benzene rings is 2. The van der Waals surface area contributed by atoms with Crippen molar-refractivity contribution in [3.63, 3.8) is 0 Å². The lowest BCUT2D eigenvalue weighted by Crippen LogP contribution is -2.09. The van der Waals surface area contributed by atoms with Crippen LogP contribution in [0.4, 0.5) is 17.5 Å². The van der Waals surface area contributed by atoms with Gasteiger partial charge in [-0.15, -0.1) is 0 Å². The van der Waals surface area contributed by atoms with Crippen molar-refractivity contribution in [1.82, 2.24) is 19.7 Å². The molecule has 28 heavy (non-hydrogen) atoms. The molecule has 0 aliphatic carbocycles. The van der Waals surface area contributed by atoms with Crippen LogP contribution in [0.2, 0.25) is 0 Å². The summed E-state index contributed by atoms with van der Waals surface area (Å²) in [5.41, 5.74) is 3.76. The van der Waals surface area contributed by atoms with Crippen molar-refractivity contribution < 1.29 is 5.11 Å². The van der Waals surface area contributed by atoms with E-state index in [2.05, 4.69) is 44.8 Å². The van der Waals surface area contributed by atoms with E-state index in [-0.39, 0.29) is 6.61 Å². The van der Waals surface area contributed by atoms with Gasteiger partial charge in [0.1, 0.15) is 5.82 Å². The molecule has 0 unspecified atom stereocenters. The Morgan fingerprint density at radius 2 is 1.89 bits per heavy atom. The number of anilines is 3. The van der Waals surface area contributed by atoms with Gasteiger partial charge in [-0.1, -0.05) is 30.3 Å². The molecule has 4 rings (SSSR count). The van der Waals surface area contributed by atoms with E-state index in [1.165, 1.54) is 0 Å². The van der Waals surface area contributed by atoms with Crippen LogP contribution < -0.4 is 10.6 Å². The molecule has 0 aliphatic rings. The molecule has 0 bridgehead atoms. The Morgan fingerprint density at radius 1 is 1.04 bits per heavy atom. The van der Waals surface area contributed by atoms with Crippen molar-refractivity contribution in [2.45, 2.75) is 13.3 Å². The van der Waals surface area contributed by atoms with Crippen LogP contribution in [0.25, 0.3) is 16.7 Å². The van der Waals surface area contributed by atoms with E-state index >= 15 is 0 Å². The molecule has 0 fully saturated rings. The lowest BCUT2D eigenvalue weighted by Gasteiger charge is -2.11. The predicted octanol–water partition coefficient (Wildman–Crippen LogP) is 3.66. The molecule has 4 aromatic rings. The average molecular weight is 374 g/mol. The number of aliphatic hydroxyl groups is 1. The van der Waals surface area contributed by atoms with Gasteiger partial charge >= 0.3 is 0 Å². The van der Waals surface area contributed by atoms with Gasteiger partial charge in [0.2, 0.25) is 5.95 Å². The van der Waals surface area contributed by atoms with Crippen LogP contribution in [0.3, 0.4) is 0 Å². The molecule has 0 spiro atoms. The first-order valence-electron chi connectivity index (χ1n) is 9.24. The lowest BCUT2D eigenvalue weighted by atomic mass is 10.2. The molecule has 0 aliphatic heterocycles. The molecule has 0 saturated carbocycles. The molecule has 0 atom stereocenters. The summed E-state index contributed by atoms with van der Waals surface area (Å²) in [5.74, 6) is 1.18. The molecule has 0 radical (unpaired) electrons. The van der Waals surface area contributed by atoms with Crippen molar-refractivity contribution >= 4 is 28.5 Å². The smallest absolute Gasteiger partial charge is 0.226 e. The summed E-state index contributed by atoms with van der Waals surface area (Å²) in [6, 6.07) is 18.0. The highest BCUT2D eigenvalue weighted by Crippen LogP contribution is 2.27. The molecule has 2 aromatic heterocycles. The largest absolute Gasteiger partial charge is 0.396 e. The number of para-hydroxylation sites is 1. The molecule has 142 valence electrons. The first-order chi connectivity index (χ1) is 13.7. The zero-order valence-electron chi connectivity index (χ0n) is 15.6. The van der Waals surface area contributed by atoms with Crippen LogP contribution in [0, 0.1) is 6.92 Å². The van der Waals surface area contributed by atoms with E-state index in [0.717, 1.165) is 22.3 Å². The maximum atomic E-state index is 9.04. The third-order valence-electron chi connectivity index (χ3n) is 4.33. The lowest BCUT2D eigenvalue weighted by molar-refractivity contribution is 0.292. The van der Waals surface area contributed by atoms with E-state index in [1.807, 2.05) is 42.5 Å². The van der Waals surface area contributed by atoms with Crippen molar-refractivity contribution in [2.24, 2.45) is 0 Å². The molecule has 7 nitrogen and oxygen atoms in total. The van der Waals surface area contributed by atoms with Crippen LogP contribution in [0.5, 0.6) is 0 Å². The monoisotopic (exact) mass is 374 g/mol. The summed E-state index contributed by atoms with van der Waals surface area (Å²) >= 11 is 0. The van der Waals surface area contributed by atoms with Crippen molar-refractivity contribution in [3.8, 4) is 5.69 Å². The second-order valence-corrected chi connectivity index (χ2v) is 6.52. The first-order valence-corrected chi connectivity index (χ1v) is 9.24. The standard InChI is InChI=1S/C21H22N6O/c1-15-7-5-8-16(13-15)24-19-18-14-23-27(17-9-3-2-4-10-17)20(18)26-21(25-19)22-11-6-12-28/h2-5,7-10,13-14,28H,6,11-12H2,1H3,(H2,22,24,25,26). The van der Waals surface area contributed by atoms with E-state index in [1.54, 1.807) is 10.9 Å². The number of nitrogens with zero attached hydrogens (tertiary/aromatic N) is 4. The normalized spacial score (nSPS) is 10.9. The Balaban J connectivity index is 1.79. The minimum Gasteiger partial charge on any atom is -0.396 e. The van der Waals surface area contributed by atoms with Gasteiger partial charge in [0.15, 0.2) is 5.65 Å². The second kappa shape index (κ2) is 8.06. The topological polar surface area (TPSA) is 87.9 Å². The predicted molar refractivity (Wildman–Crippen MR) is 111 cm³/mol. The van der Waals surface area contributed by atoms with Gasteiger partial charge < -0.3 is 15.7 Å². The molecule has 7 heteroatoms. The van der Waals surface area contributed by atoms with Gasteiger partial charge in [-0.05, 0) is 43.2 Å². The quantitative estimate of drug-likeness (QED) is 0.428. The molecular formula is C21H22N6O. The van der Waals surface area contributed by atoms with Crippen molar-refractivity contribution in [2.75, 3.05) is 23.8 Å². The van der Waals surface area contributed by atoms with Crippen molar-refractivity contribution in [1.29, 1.82) is 0 Å². The maximum absolute atomic E-state index is 9.04. The number of fused-ring (bicyclic) bond motifs is 1. The van der Waals surface area contributed by atoms with Crippen LogP contribution >= 0.6 is 0 Å². The van der Waals surface area contributed by atoms with Gasteiger partial charge in [-0.3, -0.25) is 0 Å². The number of aryl methyl sites for hydroxylation is 1. The summed E-state index contributed by atoms with van der Waals surface area (Å²) in [5, 5.41) is 21.0. The maximum Gasteiger partial charge on any atom is 0.226 e. The summed E-state index contributed by atoms with van der Waals surface area (Å²) < 4.78 is 1.80. The first kappa shape index (κ1) is 17.9. The fraction of sp³-hybridized carbons (Fsp3) is 0.190. The summed E-state index contributed by atoms with van der Waals surface area (Å²) in [6.45, 7) is 2.76. The van der Waals surface area contributed by atoms with Crippen LogP contribution in [-0.2, 0) is 0 Å². The Morgan fingerprint density at radius 3 is 2.68 bits per heavy atom. The number of nitrogens with one attached hydrogen (secondary N) is 2. The molecule has 3 N–H and O–H groups in total. The number of rotatable bonds is 7. The minimum atomic E-state index is 0.117. The Labute approximate surface area is 163 Å². The van der Waals surface area contributed by atoms with Crippen LogP contribution in [0.15, 0.2) is 60.8 Å². The fourth-order valence-corrected chi connectivity index (χ4v) is 2.98. The van der Waals surface area contributed by atoms with E-state index in [0.29, 0.717) is 30.4 Å². The molecule has 0 amide bonds. The average Bonchev–Trinajstić information content (AvgIpc) is 3.13. The van der Waals surface area contributed by atoms with Crippen molar-refractivity contribution in [3.05, 3.63) is 66.4 Å². The third kappa shape index (κ3) is 3.79. The highest BCUT2D eigenvalue weighted by Gasteiger charge is 2.14. The number of hydrogen-bond donors (Lipinski definition) is 3. The SMILES string of the molecule is Cc1cccc(Nc2nc(NCCCO)nc3c2cnn3-c2ccccc2)c1.